The lowest BCUT2D eigenvalue weighted by Gasteiger charge is -2.22. The van der Waals surface area contributed by atoms with Crippen molar-refractivity contribution >= 4 is 29.4 Å². The molecule has 20 heavy (non-hydrogen) atoms. The Morgan fingerprint density at radius 2 is 2.00 bits per heavy atom. The first-order valence-corrected chi connectivity index (χ1v) is 7.14. The zero-order chi connectivity index (χ0) is 15.3. The molecule has 110 valence electrons. The largest absolute Gasteiger partial charge is 0.507 e. The number of anilines is 1. The second-order valence-corrected chi connectivity index (χ2v) is 6.32. The number of carbonyl (C=O) groups excluding carboxylic acids is 1. The van der Waals surface area contributed by atoms with Crippen molar-refractivity contribution in [2.45, 2.75) is 18.6 Å². The standard InChI is InChI=1S/C13H18N2O4S/c1-13(2,20-3)7-14-12(19)15-8-4-5-9(11(17)18)10(16)6-8/h4-6,16H,7H2,1-3H3,(H,17,18)(H2,14,15,19). The third-order valence-corrected chi connectivity index (χ3v) is 3.96. The van der Waals surface area contributed by atoms with Crippen LogP contribution in [-0.2, 0) is 0 Å². The lowest BCUT2D eigenvalue weighted by atomic mass is 10.2. The number of hydrogen-bond donors (Lipinski definition) is 4. The van der Waals surface area contributed by atoms with Crippen molar-refractivity contribution in [2.75, 3.05) is 18.1 Å². The molecule has 0 unspecified atom stereocenters. The second-order valence-electron chi connectivity index (χ2n) is 4.81. The Bertz CT molecular complexity index is 517. The van der Waals surface area contributed by atoms with Gasteiger partial charge in [-0.25, -0.2) is 9.59 Å². The zero-order valence-electron chi connectivity index (χ0n) is 11.6. The van der Waals surface area contributed by atoms with Crippen molar-refractivity contribution in [1.29, 1.82) is 0 Å². The van der Waals surface area contributed by atoms with Gasteiger partial charge in [-0.3, -0.25) is 0 Å². The molecule has 0 spiro atoms. The van der Waals surface area contributed by atoms with Gasteiger partial charge in [0.25, 0.3) is 0 Å². The number of rotatable bonds is 5. The normalized spacial score (nSPS) is 10.9. The third kappa shape index (κ3) is 4.65. The average Bonchev–Trinajstić information content (AvgIpc) is 2.36. The van der Waals surface area contributed by atoms with E-state index in [0.29, 0.717) is 12.2 Å². The summed E-state index contributed by atoms with van der Waals surface area (Å²) in [7, 11) is 0. The van der Waals surface area contributed by atoms with E-state index in [1.807, 2.05) is 20.1 Å². The van der Waals surface area contributed by atoms with Gasteiger partial charge in [0, 0.05) is 23.0 Å². The fraction of sp³-hybridized carbons (Fsp3) is 0.385. The zero-order valence-corrected chi connectivity index (χ0v) is 12.4. The van der Waals surface area contributed by atoms with Crippen molar-refractivity contribution in [1.82, 2.24) is 5.32 Å². The number of thioether (sulfide) groups is 1. The molecule has 0 radical (unpaired) electrons. The van der Waals surface area contributed by atoms with Gasteiger partial charge >= 0.3 is 12.0 Å². The molecule has 1 aromatic rings. The van der Waals surface area contributed by atoms with Crippen LogP contribution in [0.3, 0.4) is 0 Å². The predicted octanol–water partition coefficient (Wildman–Crippen LogP) is 2.35. The number of carboxylic acids is 1. The van der Waals surface area contributed by atoms with E-state index < -0.39 is 12.0 Å². The third-order valence-electron chi connectivity index (χ3n) is 2.71. The van der Waals surface area contributed by atoms with Crippen LogP contribution in [0.1, 0.15) is 24.2 Å². The summed E-state index contributed by atoms with van der Waals surface area (Å²) in [6.45, 7) is 4.50. The Morgan fingerprint density at radius 1 is 1.35 bits per heavy atom. The number of amides is 2. The van der Waals surface area contributed by atoms with E-state index in [1.165, 1.54) is 18.2 Å². The van der Waals surface area contributed by atoms with E-state index in [1.54, 1.807) is 11.8 Å². The smallest absolute Gasteiger partial charge is 0.339 e. The van der Waals surface area contributed by atoms with E-state index in [9.17, 15) is 14.7 Å². The van der Waals surface area contributed by atoms with E-state index in [4.69, 9.17) is 5.11 Å². The predicted molar refractivity (Wildman–Crippen MR) is 79.7 cm³/mol. The van der Waals surface area contributed by atoms with Gasteiger partial charge in [0.2, 0.25) is 0 Å². The highest BCUT2D eigenvalue weighted by Crippen LogP contribution is 2.22. The quantitative estimate of drug-likeness (QED) is 0.669. The molecule has 1 rings (SSSR count). The van der Waals surface area contributed by atoms with E-state index in [0.717, 1.165) is 0 Å². The number of hydrogen-bond acceptors (Lipinski definition) is 4. The van der Waals surface area contributed by atoms with Crippen LogP contribution in [0, 0.1) is 0 Å². The maximum Gasteiger partial charge on any atom is 0.339 e. The molecule has 0 bridgehead atoms. The fourth-order valence-electron chi connectivity index (χ4n) is 1.33. The summed E-state index contributed by atoms with van der Waals surface area (Å²) in [5.41, 5.74) is 0.117. The van der Waals surface area contributed by atoms with Crippen LogP contribution < -0.4 is 10.6 Å². The monoisotopic (exact) mass is 298 g/mol. The van der Waals surface area contributed by atoms with E-state index in [-0.39, 0.29) is 16.1 Å². The molecule has 2 amide bonds. The Labute approximate surface area is 121 Å². The lowest BCUT2D eigenvalue weighted by molar-refractivity contribution is 0.0694. The summed E-state index contributed by atoms with van der Waals surface area (Å²) in [6, 6.07) is 3.44. The molecule has 1 aromatic carbocycles. The average molecular weight is 298 g/mol. The van der Waals surface area contributed by atoms with Gasteiger partial charge in [-0.05, 0) is 32.2 Å². The molecule has 0 heterocycles. The van der Waals surface area contributed by atoms with Crippen LogP contribution in [0.15, 0.2) is 18.2 Å². The molecule has 7 heteroatoms. The number of phenols is 1. The number of urea groups is 1. The molecule has 0 aliphatic carbocycles. The molecule has 0 fully saturated rings. The van der Waals surface area contributed by atoms with Crippen molar-refractivity contribution in [3.63, 3.8) is 0 Å². The molecule has 0 aliphatic rings. The topological polar surface area (TPSA) is 98.7 Å². The summed E-state index contributed by atoms with van der Waals surface area (Å²) in [6.07, 6.45) is 1.96. The van der Waals surface area contributed by atoms with E-state index in [2.05, 4.69) is 10.6 Å². The Kier molecular flexibility index (Phi) is 5.26. The second kappa shape index (κ2) is 6.51. The molecule has 0 saturated heterocycles. The molecule has 0 saturated carbocycles. The minimum Gasteiger partial charge on any atom is -0.507 e. The van der Waals surface area contributed by atoms with Crippen molar-refractivity contribution in [2.24, 2.45) is 0 Å². The SMILES string of the molecule is CSC(C)(C)CNC(=O)Nc1ccc(C(=O)O)c(O)c1. The number of aromatic carboxylic acids is 1. The number of aromatic hydroxyl groups is 1. The van der Waals surface area contributed by atoms with Crippen LogP contribution >= 0.6 is 11.8 Å². The van der Waals surface area contributed by atoms with E-state index >= 15 is 0 Å². The van der Waals surface area contributed by atoms with Crippen LogP contribution in [0.2, 0.25) is 0 Å². The van der Waals surface area contributed by atoms with Crippen LogP contribution in [-0.4, -0.2) is 39.8 Å². The maximum absolute atomic E-state index is 11.7. The summed E-state index contributed by atoms with van der Waals surface area (Å²) in [5, 5.41) is 23.5. The lowest BCUT2D eigenvalue weighted by Crippen LogP contribution is -2.38. The molecule has 0 aromatic heterocycles. The number of carbonyl (C=O) groups is 2. The molecular weight excluding hydrogens is 280 g/mol. The maximum atomic E-state index is 11.7. The first-order valence-electron chi connectivity index (χ1n) is 5.91. The van der Waals surface area contributed by atoms with Crippen molar-refractivity contribution in [3.05, 3.63) is 23.8 Å². The summed E-state index contributed by atoms with van der Waals surface area (Å²) < 4.78 is -0.0767. The van der Waals surface area contributed by atoms with Gasteiger partial charge in [-0.2, -0.15) is 11.8 Å². The summed E-state index contributed by atoms with van der Waals surface area (Å²) in [4.78, 5) is 22.4. The first kappa shape index (κ1) is 16.2. The van der Waals surface area contributed by atoms with Gasteiger partial charge in [-0.1, -0.05) is 0 Å². The van der Waals surface area contributed by atoms with Crippen molar-refractivity contribution < 1.29 is 19.8 Å². The van der Waals surface area contributed by atoms with Gasteiger partial charge in [0.1, 0.15) is 11.3 Å². The molecule has 0 atom stereocenters. The number of carboxylic acid groups (broad SMARTS) is 1. The minimum atomic E-state index is -1.22. The Hall–Kier alpha value is -1.89. The van der Waals surface area contributed by atoms with Gasteiger partial charge in [0.05, 0.1) is 0 Å². The van der Waals surface area contributed by atoms with Gasteiger partial charge < -0.3 is 20.8 Å². The molecule has 4 N–H and O–H groups in total. The molecular formula is C13H18N2O4S. The van der Waals surface area contributed by atoms with Crippen molar-refractivity contribution in [3.8, 4) is 5.75 Å². The molecule has 6 nitrogen and oxygen atoms in total. The van der Waals surface area contributed by atoms with Gasteiger partial charge in [0.15, 0.2) is 0 Å². The highest BCUT2D eigenvalue weighted by atomic mass is 32.2. The fourth-order valence-corrected chi connectivity index (χ4v) is 1.55. The first-order chi connectivity index (χ1) is 9.25. The highest BCUT2D eigenvalue weighted by Gasteiger charge is 2.17. The number of benzene rings is 1. The van der Waals surface area contributed by atoms with Crippen LogP contribution in [0.4, 0.5) is 10.5 Å². The Balaban J connectivity index is 2.63. The van der Waals surface area contributed by atoms with Crippen LogP contribution in [0.25, 0.3) is 0 Å². The number of nitrogens with one attached hydrogen (secondary N) is 2. The summed E-state index contributed by atoms with van der Waals surface area (Å²) >= 11 is 1.64. The van der Waals surface area contributed by atoms with Gasteiger partial charge in [-0.15, -0.1) is 0 Å². The van der Waals surface area contributed by atoms with Crippen LogP contribution in [0.5, 0.6) is 5.75 Å². The molecule has 0 aliphatic heterocycles. The highest BCUT2D eigenvalue weighted by molar-refractivity contribution is 7.99. The minimum absolute atomic E-state index is 0.0767. The summed E-state index contributed by atoms with van der Waals surface area (Å²) in [5.74, 6) is -1.61. The Morgan fingerprint density at radius 3 is 2.50 bits per heavy atom.